The molecule has 0 aliphatic carbocycles. The van der Waals surface area contributed by atoms with Crippen LogP contribution in [0.5, 0.6) is 0 Å². The highest BCUT2D eigenvalue weighted by Crippen LogP contribution is 2.24. The molecule has 4 amide bonds. The van der Waals surface area contributed by atoms with Crippen molar-refractivity contribution in [3.05, 3.63) is 30.2 Å². The van der Waals surface area contributed by atoms with Crippen LogP contribution >= 0.6 is 0 Å². The van der Waals surface area contributed by atoms with E-state index < -0.39 is 11.6 Å². The van der Waals surface area contributed by atoms with Gasteiger partial charge in [0.05, 0.1) is 12.8 Å². The molecule has 1 aromatic rings. The lowest BCUT2D eigenvalue weighted by molar-refractivity contribution is -0.132. The normalized spacial score (nSPS) is 25.4. The number of furan rings is 1. The molecule has 0 radical (unpaired) electrons. The van der Waals surface area contributed by atoms with E-state index in [1.807, 2.05) is 0 Å². The maximum absolute atomic E-state index is 12.2. The maximum atomic E-state index is 12.2. The zero-order chi connectivity index (χ0) is 14.9. The van der Waals surface area contributed by atoms with Crippen molar-refractivity contribution in [3.8, 4) is 0 Å². The Labute approximate surface area is 121 Å². The molecule has 2 aliphatic heterocycles. The number of piperidine rings is 1. The largest absolute Gasteiger partial charge is 0.465 e. The molecule has 0 saturated carbocycles. The van der Waals surface area contributed by atoms with Crippen LogP contribution in [0.25, 0.3) is 6.08 Å². The van der Waals surface area contributed by atoms with Crippen LogP contribution in [0.15, 0.2) is 28.9 Å². The Hall–Kier alpha value is -2.57. The number of hydrogen-bond acceptors (Lipinski definition) is 4. The van der Waals surface area contributed by atoms with Crippen LogP contribution in [0.1, 0.15) is 18.6 Å². The van der Waals surface area contributed by atoms with Gasteiger partial charge in [-0.05, 0) is 31.1 Å². The summed E-state index contributed by atoms with van der Waals surface area (Å²) in [7, 11) is 0. The minimum absolute atomic E-state index is 0.186. The van der Waals surface area contributed by atoms with Gasteiger partial charge in [-0.2, -0.15) is 0 Å². The van der Waals surface area contributed by atoms with E-state index in [1.165, 1.54) is 12.3 Å². The summed E-state index contributed by atoms with van der Waals surface area (Å²) in [4.78, 5) is 37.0. The summed E-state index contributed by atoms with van der Waals surface area (Å²) < 4.78 is 5.12. The second-order valence-corrected chi connectivity index (χ2v) is 5.20. The molecule has 0 bridgehead atoms. The van der Waals surface area contributed by atoms with E-state index in [-0.39, 0.29) is 18.4 Å². The van der Waals surface area contributed by atoms with Crippen LogP contribution in [0.4, 0.5) is 4.79 Å². The first-order valence-electron chi connectivity index (χ1n) is 6.73. The van der Waals surface area contributed by atoms with Crippen molar-refractivity contribution in [2.24, 2.45) is 0 Å². The van der Waals surface area contributed by atoms with Crippen LogP contribution in [-0.4, -0.2) is 41.4 Å². The molecule has 1 atom stereocenters. The molecule has 2 fully saturated rings. The average molecular weight is 289 g/mol. The molecule has 1 aromatic heterocycles. The lowest BCUT2D eigenvalue weighted by atomic mass is 9.89. The molecule has 3 heterocycles. The highest BCUT2D eigenvalue weighted by atomic mass is 16.3. The van der Waals surface area contributed by atoms with Crippen molar-refractivity contribution in [1.29, 1.82) is 0 Å². The summed E-state index contributed by atoms with van der Waals surface area (Å²) in [5.74, 6) is 0.0152. The van der Waals surface area contributed by atoms with Gasteiger partial charge in [0.1, 0.15) is 11.3 Å². The smallest absolute Gasteiger partial charge is 0.322 e. The fraction of sp³-hybridized carbons (Fsp3) is 0.357. The summed E-state index contributed by atoms with van der Waals surface area (Å²) in [6.45, 7) is 0.748. The summed E-state index contributed by atoms with van der Waals surface area (Å²) in [6.07, 6.45) is 5.71. The number of rotatable bonds is 2. The number of amides is 4. The van der Waals surface area contributed by atoms with Gasteiger partial charge in [0.15, 0.2) is 0 Å². The third-order valence-electron chi connectivity index (χ3n) is 3.75. The van der Waals surface area contributed by atoms with E-state index in [0.29, 0.717) is 25.1 Å². The first-order chi connectivity index (χ1) is 10.1. The number of nitrogens with one attached hydrogen (secondary N) is 2. The second-order valence-electron chi connectivity index (χ2n) is 5.20. The number of nitrogens with zero attached hydrogens (tertiary/aromatic N) is 1. The van der Waals surface area contributed by atoms with Gasteiger partial charge < -0.3 is 14.6 Å². The Kier molecular flexibility index (Phi) is 3.25. The van der Waals surface area contributed by atoms with Gasteiger partial charge in [0.25, 0.3) is 5.91 Å². The monoisotopic (exact) mass is 289 g/mol. The van der Waals surface area contributed by atoms with Crippen LogP contribution in [0, 0.1) is 0 Å². The van der Waals surface area contributed by atoms with E-state index in [9.17, 15) is 14.4 Å². The molecule has 110 valence electrons. The topological polar surface area (TPSA) is 91.7 Å². The van der Waals surface area contributed by atoms with Crippen LogP contribution in [0.3, 0.4) is 0 Å². The summed E-state index contributed by atoms with van der Waals surface area (Å²) in [5.41, 5.74) is -0.983. The molecule has 7 nitrogen and oxygen atoms in total. The number of imide groups is 1. The van der Waals surface area contributed by atoms with E-state index in [1.54, 1.807) is 23.1 Å². The SMILES string of the molecule is O=C1NC(=O)C2(CCCN(C(=O)/C=C/c3ccco3)C2)N1. The molecule has 7 heteroatoms. The predicted molar refractivity (Wildman–Crippen MR) is 73.0 cm³/mol. The number of hydrogen-bond donors (Lipinski definition) is 2. The highest BCUT2D eigenvalue weighted by molar-refractivity contribution is 6.07. The van der Waals surface area contributed by atoms with Gasteiger partial charge in [-0.25, -0.2) is 4.79 Å². The number of carbonyl (C=O) groups excluding carboxylic acids is 3. The Morgan fingerprint density at radius 1 is 1.43 bits per heavy atom. The summed E-state index contributed by atoms with van der Waals surface area (Å²) >= 11 is 0. The van der Waals surface area contributed by atoms with Crippen LogP contribution in [0.2, 0.25) is 0 Å². The quantitative estimate of drug-likeness (QED) is 0.612. The zero-order valence-corrected chi connectivity index (χ0v) is 11.3. The highest BCUT2D eigenvalue weighted by Gasteiger charge is 2.49. The van der Waals surface area contributed by atoms with E-state index in [2.05, 4.69) is 10.6 Å². The fourth-order valence-electron chi connectivity index (χ4n) is 2.70. The van der Waals surface area contributed by atoms with Crippen LogP contribution in [-0.2, 0) is 9.59 Å². The lowest BCUT2D eigenvalue weighted by Crippen LogP contribution is -2.59. The first-order valence-corrected chi connectivity index (χ1v) is 6.73. The van der Waals surface area contributed by atoms with Gasteiger partial charge in [-0.3, -0.25) is 14.9 Å². The van der Waals surface area contributed by atoms with Crippen LogP contribution < -0.4 is 10.6 Å². The van der Waals surface area contributed by atoms with E-state index in [0.717, 1.165) is 0 Å². The van der Waals surface area contributed by atoms with Gasteiger partial charge in [0.2, 0.25) is 5.91 Å². The molecule has 2 saturated heterocycles. The number of likely N-dealkylation sites (tertiary alicyclic amines) is 1. The second kappa shape index (κ2) is 5.08. The minimum Gasteiger partial charge on any atom is -0.465 e. The Morgan fingerprint density at radius 2 is 2.29 bits per heavy atom. The van der Waals surface area contributed by atoms with Crippen molar-refractivity contribution >= 4 is 23.9 Å². The predicted octanol–water partition coefficient (Wildman–Crippen LogP) is 0.493. The van der Waals surface area contributed by atoms with Crippen molar-refractivity contribution in [1.82, 2.24) is 15.5 Å². The summed E-state index contributed by atoms with van der Waals surface area (Å²) in [6, 6.07) is 2.98. The molecule has 0 aromatic carbocycles. The molecule has 21 heavy (non-hydrogen) atoms. The zero-order valence-electron chi connectivity index (χ0n) is 11.3. The van der Waals surface area contributed by atoms with E-state index >= 15 is 0 Å². The van der Waals surface area contributed by atoms with Gasteiger partial charge >= 0.3 is 6.03 Å². The molecule has 2 N–H and O–H groups in total. The molecule has 1 unspecified atom stereocenters. The molecule has 3 rings (SSSR count). The van der Waals surface area contributed by atoms with Crippen molar-refractivity contribution < 1.29 is 18.8 Å². The Balaban J connectivity index is 1.70. The van der Waals surface area contributed by atoms with Crippen molar-refractivity contribution in [2.75, 3.05) is 13.1 Å². The molecular formula is C14H15N3O4. The van der Waals surface area contributed by atoms with E-state index in [4.69, 9.17) is 4.42 Å². The molecule has 2 aliphatic rings. The fourth-order valence-corrected chi connectivity index (χ4v) is 2.70. The maximum Gasteiger partial charge on any atom is 0.322 e. The Bertz CT molecular complexity index is 608. The molecule has 1 spiro atoms. The first kappa shape index (κ1) is 13.4. The van der Waals surface area contributed by atoms with Crippen molar-refractivity contribution in [2.45, 2.75) is 18.4 Å². The molecular weight excluding hydrogens is 274 g/mol. The lowest BCUT2D eigenvalue weighted by Gasteiger charge is -2.37. The number of carbonyl (C=O) groups is 3. The van der Waals surface area contributed by atoms with Gasteiger partial charge in [0, 0.05) is 12.6 Å². The average Bonchev–Trinajstić information content (AvgIpc) is 3.06. The minimum atomic E-state index is -0.983. The standard InChI is InChI=1S/C14H15N3O4/c18-11(5-4-10-3-1-8-21-10)17-7-2-6-14(9-17)12(19)15-13(20)16-14/h1,3-5,8H,2,6-7,9H2,(H2,15,16,19,20)/b5-4+. The summed E-state index contributed by atoms with van der Waals surface area (Å²) in [5, 5.41) is 4.87. The van der Waals surface area contributed by atoms with Gasteiger partial charge in [-0.15, -0.1) is 0 Å². The van der Waals surface area contributed by atoms with Gasteiger partial charge in [-0.1, -0.05) is 0 Å². The Morgan fingerprint density at radius 3 is 2.95 bits per heavy atom. The third-order valence-corrected chi connectivity index (χ3v) is 3.75. The van der Waals surface area contributed by atoms with Crippen molar-refractivity contribution in [3.63, 3.8) is 0 Å². The number of urea groups is 1. The third kappa shape index (κ3) is 2.54.